The molecule has 1 aliphatic rings. The average molecular weight is 299 g/mol. The second-order valence-corrected chi connectivity index (χ2v) is 6.56. The largest absolute Gasteiger partial charge is 0.393 e. The molecule has 0 radical (unpaired) electrons. The van der Waals surface area contributed by atoms with Crippen LogP contribution in [0, 0.1) is 0 Å². The topological polar surface area (TPSA) is 58.4 Å². The minimum Gasteiger partial charge on any atom is -0.393 e. The zero-order valence-corrected chi connectivity index (χ0v) is 13.7. The number of nitrogens with one attached hydrogen (secondary N) is 1. The van der Waals surface area contributed by atoms with Crippen LogP contribution in [-0.4, -0.2) is 41.0 Å². The van der Waals surface area contributed by atoms with E-state index in [1.807, 2.05) is 0 Å². The van der Waals surface area contributed by atoms with Gasteiger partial charge in [0.1, 0.15) is 0 Å². The van der Waals surface area contributed by atoms with Crippen molar-refractivity contribution in [1.29, 1.82) is 0 Å². The van der Waals surface area contributed by atoms with Crippen LogP contribution in [0.1, 0.15) is 58.8 Å². The van der Waals surface area contributed by atoms with Crippen LogP contribution in [-0.2, 0) is 4.79 Å². The number of hydrogen-bond donors (Lipinski definition) is 2. The van der Waals surface area contributed by atoms with Crippen molar-refractivity contribution in [3.05, 3.63) is 0 Å². The van der Waals surface area contributed by atoms with Crippen LogP contribution in [0.2, 0.25) is 0 Å². The van der Waals surface area contributed by atoms with Gasteiger partial charge in [0.15, 0.2) is 0 Å². The predicted molar refractivity (Wildman–Crippen MR) is 87.7 cm³/mol. The van der Waals surface area contributed by atoms with Gasteiger partial charge in [-0.15, -0.1) is 0 Å². The minimum atomic E-state index is 0.133. The summed E-state index contributed by atoms with van der Waals surface area (Å²) in [6, 6.07) is 0.693. The molecular formula is C15H29N3OS. The van der Waals surface area contributed by atoms with Crippen LogP contribution >= 0.6 is 12.2 Å². The summed E-state index contributed by atoms with van der Waals surface area (Å²) < 4.78 is 0. The maximum Gasteiger partial charge on any atom is 0.234 e. The van der Waals surface area contributed by atoms with Crippen molar-refractivity contribution in [2.45, 2.75) is 70.9 Å². The number of carbonyl (C=O) groups excluding carboxylic acids is 1. The van der Waals surface area contributed by atoms with Gasteiger partial charge in [0.25, 0.3) is 0 Å². The summed E-state index contributed by atoms with van der Waals surface area (Å²) in [5.41, 5.74) is 5.54. The Labute approximate surface area is 128 Å². The van der Waals surface area contributed by atoms with E-state index in [4.69, 9.17) is 18.0 Å². The Kier molecular flexibility index (Phi) is 8.07. The molecule has 0 saturated heterocycles. The normalized spacial score (nSPS) is 17.2. The van der Waals surface area contributed by atoms with Crippen molar-refractivity contribution in [3.63, 3.8) is 0 Å². The van der Waals surface area contributed by atoms with E-state index >= 15 is 0 Å². The lowest BCUT2D eigenvalue weighted by molar-refractivity contribution is -0.123. The Morgan fingerprint density at radius 3 is 2.40 bits per heavy atom. The molecule has 1 saturated carbocycles. The van der Waals surface area contributed by atoms with Gasteiger partial charge in [0.05, 0.1) is 11.5 Å². The van der Waals surface area contributed by atoms with E-state index in [1.54, 1.807) is 0 Å². The van der Waals surface area contributed by atoms with Crippen molar-refractivity contribution >= 4 is 23.1 Å². The summed E-state index contributed by atoms with van der Waals surface area (Å²) in [6.07, 6.45) is 8.00. The van der Waals surface area contributed by atoms with Crippen molar-refractivity contribution in [2.75, 3.05) is 13.1 Å². The lowest BCUT2D eigenvalue weighted by Gasteiger charge is -2.26. The summed E-state index contributed by atoms with van der Waals surface area (Å²) in [5, 5.41) is 3.19. The second-order valence-electron chi connectivity index (χ2n) is 6.04. The zero-order chi connectivity index (χ0) is 15.0. The molecule has 0 aromatic carbocycles. The Hall–Kier alpha value is -0.680. The third kappa shape index (κ3) is 7.20. The van der Waals surface area contributed by atoms with Crippen LogP contribution < -0.4 is 11.1 Å². The number of nitrogens with zero attached hydrogens (tertiary/aromatic N) is 1. The molecule has 3 N–H and O–H groups in total. The van der Waals surface area contributed by atoms with E-state index in [0.29, 0.717) is 30.0 Å². The van der Waals surface area contributed by atoms with Gasteiger partial charge in [-0.3, -0.25) is 9.69 Å². The number of carbonyl (C=O) groups is 1. The predicted octanol–water partition coefficient (Wildman–Crippen LogP) is 2.21. The van der Waals surface area contributed by atoms with Crippen LogP contribution in [0.25, 0.3) is 0 Å². The Morgan fingerprint density at radius 1 is 1.30 bits per heavy atom. The van der Waals surface area contributed by atoms with Crippen LogP contribution in [0.5, 0.6) is 0 Å². The van der Waals surface area contributed by atoms with E-state index in [2.05, 4.69) is 24.1 Å². The van der Waals surface area contributed by atoms with Gasteiger partial charge in [-0.05, 0) is 26.7 Å². The highest BCUT2D eigenvalue weighted by atomic mass is 32.1. The molecular weight excluding hydrogens is 270 g/mol. The van der Waals surface area contributed by atoms with Gasteiger partial charge < -0.3 is 11.1 Å². The molecule has 20 heavy (non-hydrogen) atoms. The number of thiocarbonyl (C=S) groups is 1. The first-order valence-corrected chi connectivity index (χ1v) is 8.21. The van der Waals surface area contributed by atoms with Crippen molar-refractivity contribution < 1.29 is 4.79 Å². The van der Waals surface area contributed by atoms with E-state index in [-0.39, 0.29) is 5.91 Å². The molecule has 116 valence electrons. The summed E-state index contributed by atoms with van der Waals surface area (Å²) in [4.78, 5) is 14.8. The lowest BCUT2D eigenvalue weighted by atomic mass is 10.1. The molecule has 1 amide bonds. The van der Waals surface area contributed by atoms with Crippen LogP contribution in [0.3, 0.4) is 0 Å². The molecule has 0 spiro atoms. The van der Waals surface area contributed by atoms with Crippen molar-refractivity contribution in [2.24, 2.45) is 5.73 Å². The maximum atomic E-state index is 12.2. The molecule has 0 aliphatic heterocycles. The summed E-state index contributed by atoms with van der Waals surface area (Å²) in [6.45, 7) is 5.39. The van der Waals surface area contributed by atoms with Crippen molar-refractivity contribution in [1.82, 2.24) is 10.2 Å². The first kappa shape index (κ1) is 17.4. The highest BCUT2D eigenvalue weighted by Crippen LogP contribution is 2.17. The fourth-order valence-corrected chi connectivity index (χ4v) is 2.75. The highest BCUT2D eigenvalue weighted by molar-refractivity contribution is 7.80. The van der Waals surface area contributed by atoms with E-state index < -0.39 is 0 Å². The van der Waals surface area contributed by atoms with Crippen LogP contribution in [0.15, 0.2) is 0 Å². The Morgan fingerprint density at radius 2 is 1.90 bits per heavy atom. The molecule has 0 heterocycles. The summed E-state index contributed by atoms with van der Waals surface area (Å²) >= 11 is 4.91. The Balaban J connectivity index is 2.38. The molecule has 1 rings (SSSR count). The maximum absolute atomic E-state index is 12.2. The molecule has 1 aliphatic carbocycles. The summed E-state index contributed by atoms with van der Waals surface area (Å²) in [7, 11) is 0. The standard InChI is InChI=1S/C15H29N3OS/c1-12(2)18(10-9-14(16)20)11-15(19)17-13-7-5-3-4-6-8-13/h12-13H,3-11H2,1-2H3,(H2,16,20)(H,17,19). The quantitative estimate of drug-likeness (QED) is 0.559. The van der Waals surface area contributed by atoms with Crippen molar-refractivity contribution in [3.8, 4) is 0 Å². The SMILES string of the molecule is CC(C)N(CCC(N)=S)CC(=O)NC1CCCCCC1. The van der Waals surface area contributed by atoms with Gasteiger partial charge in [-0.2, -0.15) is 0 Å². The van der Waals surface area contributed by atoms with Gasteiger partial charge in [0.2, 0.25) is 5.91 Å². The zero-order valence-electron chi connectivity index (χ0n) is 12.9. The summed E-state index contributed by atoms with van der Waals surface area (Å²) in [5.74, 6) is 0.133. The van der Waals surface area contributed by atoms with E-state index in [9.17, 15) is 4.79 Å². The molecule has 0 unspecified atom stereocenters. The monoisotopic (exact) mass is 299 g/mol. The first-order valence-electron chi connectivity index (χ1n) is 7.80. The smallest absolute Gasteiger partial charge is 0.234 e. The molecule has 0 aromatic heterocycles. The van der Waals surface area contributed by atoms with Crippen LogP contribution in [0.4, 0.5) is 0 Å². The molecule has 5 heteroatoms. The number of rotatable bonds is 7. The number of nitrogens with two attached hydrogens (primary N) is 1. The first-order chi connectivity index (χ1) is 9.49. The minimum absolute atomic E-state index is 0.133. The highest BCUT2D eigenvalue weighted by Gasteiger charge is 2.18. The molecule has 0 atom stereocenters. The number of hydrogen-bond acceptors (Lipinski definition) is 3. The average Bonchev–Trinajstić information content (AvgIpc) is 2.62. The molecule has 1 fully saturated rings. The van der Waals surface area contributed by atoms with E-state index in [0.717, 1.165) is 19.4 Å². The fraction of sp³-hybridized carbons (Fsp3) is 0.867. The third-order valence-electron chi connectivity index (χ3n) is 3.94. The second kappa shape index (κ2) is 9.29. The molecule has 0 aromatic rings. The Bertz CT molecular complexity index is 312. The molecule has 4 nitrogen and oxygen atoms in total. The number of amides is 1. The van der Waals surface area contributed by atoms with Gasteiger partial charge in [-0.1, -0.05) is 37.9 Å². The van der Waals surface area contributed by atoms with E-state index in [1.165, 1.54) is 25.7 Å². The fourth-order valence-electron chi connectivity index (χ4n) is 2.66. The van der Waals surface area contributed by atoms with Gasteiger partial charge >= 0.3 is 0 Å². The van der Waals surface area contributed by atoms with Gasteiger partial charge in [-0.25, -0.2) is 0 Å². The van der Waals surface area contributed by atoms with Gasteiger partial charge in [0, 0.05) is 25.0 Å². The third-order valence-corrected chi connectivity index (χ3v) is 4.15. The lowest BCUT2D eigenvalue weighted by Crippen LogP contribution is -2.45. The molecule has 0 bridgehead atoms.